The van der Waals surface area contributed by atoms with Gasteiger partial charge in [0.1, 0.15) is 0 Å². The van der Waals surface area contributed by atoms with Gasteiger partial charge in [0.15, 0.2) is 0 Å². The Balaban J connectivity index is 2.23. The number of hydrogen-bond acceptors (Lipinski definition) is 2. The molecule has 0 bridgehead atoms. The van der Waals surface area contributed by atoms with Crippen molar-refractivity contribution in [2.45, 2.75) is 44.4 Å². The minimum absolute atomic E-state index is 0.0769. The minimum atomic E-state index is -0.348. The van der Waals surface area contributed by atoms with Gasteiger partial charge in [0.05, 0.1) is 12.5 Å². The lowest BCUT2D eigenvalue weighted by Gasteiger charge is -2.39. The van der Waals surface area contributed by atoms with Crippen LogP contribution in [0.3, 0.4) is 0 Å². The van der Waals surface area contributed by atoms with E-state index in [2.05, 4.69) is 31.2 Å². The van der Waals surface area contributed by atoms with E-state index in [-0.39, 0.29) is 11.4 Å². The van der Waals surface area contributed by atoms with Crippen LogP contribution < -0.4 is 0 Å². The second-order valence-corrected chi connectivity index (χ2v) is 4.87. The van der Waals surface area contributed by atoms with Crippen LogP contribution in [0.25, 0.3) is 0 Å². The van der Waals surface area contributed by atoms with Gasteiger partial charge >= 0.3 is 5.97 Å². The number of rotatable bonds is 4. The molecule has 92 valence electrons. The van der Waals surface area contributed by atoms with Crippen molar-refractivity contribution in [1.82, 2.24) is 0 Å². The molecule has 1 saturated carbocycles. The number of aryl methyl sites for hydroxylation is 1. The highest BCUT2D eigenvalue weighted by molar-refractivity contribution is 5.84. The zero-order valence-corrected chi connectivity index (χ0v) is 10.7. The smallest absolute Gasteiger partial charge is 0.316 e. The van der Waals surface area contributed by atoms with Crippen LogP contribution in [-0.2, 0) is 21.4 Å². The summed E-state index contributed by atoms with van der Waals surface area (Å²) in [5.74, 6) is -0.0769. The average Bonchev–Trinajstić information content (AvgIpc) is 2.30. The molecular weight excluding hydrogens is 212 g/mol. The van der Waals surface area contributed by atoms with Gasteiger partial charge in [0, 0.05) is 0 Å². The van der Waals surface area contributed by atoms with Crippen LogP contribution in [0.2, 0.25) is 0 Å². The molecule has 0 aliphatic heterocycles. The average molecular weight is 232 g/mol. The van der Waals surface area contributed by atoms with Gasteiger partial charge in [0.25, 0.3) is 0 Å². The van der Waals surface area contributed by atoms with Crippen LogP contribution in [0.1, 0.15) is 43.7 Å². The summed E-state index contributed by atoms with van der Waals surface area (Å²) >= 11 is 0. The normalized spacial score (nSPS) is 17.3. The van der Waals surface area contributed by atoms with Crippen LogP contribution in [0.5, 0.6) is 0 Å². The summed E-state index contributed by atoms with van der Waals surface area (Å²) in [6.45, 7) is 2.18. The highest BCUT2D eigenvalue weighted by Crippen LogP contribution is 2.44. The van der Waals surface area contributed by atoms with Gasteiger partial charge in [-0.3, -0.25) is 4.79 Å². The van der Waals surface area contributed by atoms with Crippen molar-refractivity contribution in [3.05, 3.63) is 35.4 Å². The fourth-order valence-electron chi connectivity index (χ4n) is 2.62. The Morgan fingerprint density at radius 2 is 1.94 bits per heavy atom. The molecule has 0 atom stereocenters. The number of methoxy groups -OCH3 is 1. The number of hydrogen-bond donors (Lipinski definition) is 0. The summed E-state index contributed by atoms with van der Waals surface area (Å²) in [5, 5.41) is 0. The molecular formula is C15H20O2. The van der Waals surface area contributed by atoms with Crippen LogP contribution >= 0.6 is 0 Å². The largest absolute Gasteiger partial charge is 0.468 e. The van der Waals surface area contributed by atoms with E-state index in [9.17, 15) is 4.79 Å². The van der Waals surface area contributed by atoms with Crippen molar-refractivity contribution in [3.8, 4) is 0 Å². The molecule has 0 heterocycles. The lowest BCUT2D eigenvalue weighted by molar-refractivity contribution is -0.151. The highest BCUT2D eigenvalue weighted by atomic mass is 16.5. The predicted molar refractivity (Wildman–Crippen MR) is 68.0 cm³/mol. The first-order valence-electron chi connectivity index (χ1n) is 6.41. The first kappa shape index (κ1) is 12.2. The minimum Gasteiger partial charge on any atom is -0.468 e. The third-order valence-corrected chi connectivity index (χ3v) is 3.83. The van der Waals surface area contributed by atoms with Gasteiger partial charge in [-0.05, 0) is 30.4 Å². The third kappa shape index (κ3) is 2.08. The molecule has 2 rings (SSSR count). The van der Waals surface area contributed by atoms with Gasteiger partial charge < -0.3 is 4.74 Å². The van der Waals surface area contributed by atoms with E-state index in [0.717, 1.165) is 37.7 Å². The van der Waals surface area contributed by atoms with E-state index < -0.39 is 0 Å². The Morgan fingerprint density at radius 1 is 1.29 bits per heavy atom. The molecule has 2 nitrogen and oxygen atoms in total. The summed E-state index contributed by atoms with van der Waals surface area (Å²) < 4.78 is 4.95. The van der Waals surface area contributed by atoms with Crippen LogP contribution in [0, 0.1) is 0 Å². The zero-order chi connectivity index (χ0) is 12.3. The molecule has 0 saturated heterocycles. The van der Waals surface area contributed by atoms with Crippen molar-refractivity contribution in [3.63, 3.8) is 0 Å². The van der Waals surface area contributed by atoms with E-state index in [4.69, 9.17) is 4.74 Å². The van der Waals surface area contributed by atoms with Gasteiger partial charge in [-0.25, -0.2) is 0 Å². The van der Waals surface area contributed by atoms with Crippen LogP contribution in [0.4, 0.5) is 0 Å². The Morgan fingerprint density at radius 3 is 2.35 bits per heavy atom. The second-order valence-electron chi connectivity index (χ2n) is 4.87. The highest BCUT2D eigenvalue weighted by Gasteiger charge is 2.46. The van der Waals surface area contributed by atoms with Crippen molar-refractivity contribution in [2.24, 2.45) is 0 Å². The Labute approximate surface area is 103 Å². The van der Waals surface area contributed by atoms with Crippen molar-refractivity contribution in [1.29, 1.82) is 0 Å². The number of benzene rings is 1. The van der Waals surface area contributed by atoms with Gasteiger partial charge in [-0.15, -0.1) is 0 Å². The first-order chi connectivity index (χ1) is 8.23. The molecule has 1 fully saturated rings. The molecule has 0 N–H and O–H groups in total. The maximum atomic E-state index is 11.9. The van der Waals surface area contributed by atoms with Gasteiger partial charge in [0.2, 0.25) is 0 Å². The van der Waals surface area contributed by atoms with Gasteiger partial charge in [-0.2, -0.15) is 0 Å². The number of carbonyl (C=O) groups is 1. The number of carbonyl (C=O) groups excluding carboxylic acids is 1. The van der Waals surface area contributed by atoms with E-state index in [1.54, 1.807) is 0 Å². The zero-order valence-electron chi connectivity index (χ0n) is 10.7. The predicted octanol–water partition coefficient (Wildman–Crippen LogP) is 3.23. The summed E-state index contributed by atoms with van der Waals surface area (Å²) in [6.07, 6.45) is 5.22. The lowest BCUT2D eigenvalue weighted by Crippen LogP contribution is -2.43. The van der Waals surface area contributed by atoms with Crippen molar-refractivity contribution in [2.75, 3.05) is 7.11 Å². The quantitative estimate of drug-likeness (QED) is 0.745. The maximum Gasteiger partial charge on any atom is 0.316 e. The Kier molecular flexibility index (Phi) is 3.51. The second kappa shape index (κ2) is 4.91. The fraction of sp³-hybridized carbons (Fsp3) is 0.533. The molecule has 1 aliphatic carbocycles. The summed E-state index contributed by atoms with van der Waals surface area (Å²) in [6, 6.07) is 8.48. The summed E-state index contributed by atoms with van der Waals surface area (Å²) in [4.78, 5) is 11.9. The van der Waals surface area contributed by atoms with E-state index in [1.807, 2.05) is 0 Å². The molecule has 1 aromatic carbocycles. The maximum absolute atomic E-state index is 11.9. The SMILES string of the molecule is CCCc1ccc(C2(C(=O)OC)CCC2)cc1. The van der Waals surface area contributed by atoms with Crippen molar-refractivity contribution >= 4 is 5.97 Å². The van der Waals surface area contributed by atoms with Crippen LogP contribution in [-0.4, -0.2) is 13.1 Å². The molecule has 0 unspecified atom stereocenters. The number of ether oxygens (including phenoxy) is 1. The lowest BCUT2D eigenvalue weighted by atomic mass is 9.64. The molecule has 17 heavy (non-hydrogen) atoms. The summed E-state index contributed by atoms with van der Waals surface area (Å²) in [7, 11) is 1.48. The third-order valence-electron chi connectivity index (χ3n) is 3.83. The molecule has 1 aromatic rings. The molecule has 0 radical (unpaired) electrons. The van der Waals surface area contributed by atoms with E-state index in [0.29, 0.717) is 0 Å². The van der Waals surface area contributed by atoms with E-state index >= 15 is 0 Å². The first-order valence-corrected chi connectivity index (χ1v) is 6.41. The van der Waals surface area contributed by atoms with Gasteiger partial charge in [-0.1, -0.05) is 44.0 Å². The number of esters is 1. The molecule has 0 amide bonds. The van der Waals surface area contributed by atoms with E-state index in [1.165, 1.54) is 12.7 Å². The molecule has 0 aromatic heterocycles. The van der Waals surface area contributed by atoms with Crippen molar-refractivity contribution < 1.29 is 9.53 Å². The monoisotopic (exact) mass is 232 g/mol. The molecule has 0 spiro atoms. The summed E-state index contributed by atoms with van der Waals surface area (Å²) in [5.41, 5.74) is 2.12. The topological polar surface area (TPSA) is 26.3 Å². The fourth-order valence-corrected chi connectivity index (χ4v) is 2.62. The van der Waals surface area contributed by atoms with Crippen LogP contribution in [0.15, 0.2) is 24.3 Å². The molecule has 2 heteroatoms. The standard InChI is InChI=1S/C15H20O2/c1-3-5-12-6-8-13(9-7-12)15(10-4-11-15)14(16)17-2/h6-9H,3-5,10-11H2,1-2H3. The Hall–Kier alpha value is -1.31. The Bertz CT molecular complexity index is 388. The molecule has 1 aliphatic rings.